The molecule has 154 valence electrons. The average molecular weight is 439 g/mol. The molecule has 1 saturated heterocycles. The molecule has 1 atom stereocenters. The van der Waals surface area contributed by atoms with Crippen LogP contribution in [0.3, 0.4) is 0 Å². The Kier molecular flexibility index (Phi) is 5.72. The van der Waals surface area contributed by atoms with E-state index in [1.165, 1.54) is 32.4 Å². The van der Waals surface area contributed by atoms with Gasteiger partial charge in [-0.15, -0.1) is 0 Å². The summed E-state index contributed by atoms with van der Waals surface area (Å²) in [4.78, 5) is 24.9. The van der Waals surface area contributed by atoms with Crippen LogP contribution in [0.25, 0.3) is 0 Å². The standard InChI is InChI=1S/C19H19ClN2O6S/c1-11-10-29(25,26)22(19(11)24)12-4-6-14(15(20)8-12)18(23)21-16-7-5-13(27-2)9-17(16)28-3/h4-9,11H,10H2,1-3H3,(H,21,23)/t11-/m0/s1. The van der Waals surface area contributed by atoms with Gasteiger partial charge >= 0.3 is 0 Å². The number of carbonyl (C=O) groups excluding carboxylic acids is 2. The normalized spacial score (nSPS) is 17.9. The van der Waals surface area contributed by atoms with Crippen LogP contribution in [0.4, 0.5) is 11.4 Å². The summed E-state index contributed by atoms with van der Waals surface area (Å²) in [6.07, 6.45) is 0. The largest absolute Gasteiger partial charge is 0.497 e. The summed E-state index contributed by atoms with van der Waals surface area (Å²) in [5, 5.41) is 2.70. The number of sulfonamides is 1. The SMILES string of the molecule is COc1ccc(NC(=O)c2ccc(N3C(=O)[C@@H](C)CS3(=O)=O)cc2Cl)c(OC)c1. The highest BCUT2D eigenvalue weighted by Crippen LogP contribution is 2.33. The fourth-order valence-corrected chi connectivity index (χ4v) is 5.07. The molecule has 0 unspecified atom stereocenters. The van der Waals surface area contributed by atoms with Crippen molar-refractivity contribution in [3.05, 3.63) is 47.0 Å². The van der Waals surface area contributed by atoms with Crippen molar-refractivity contribution in [1.82, 2.24) is 0 Å². The van der Waals surface area contributed by atoms with Crippen molar-refractivity contribution in [3.8, 4) is 11.5 Å². The molecule has 29 heavy (non-hydrogen) atoms. The summed E-state index contributed by atoms with van der Waals surface area (Å²) in [6.45, 7) is 1.55. The first-order valence-electron chi connectivity index (χ1n) is 8.57. The molecule has 8 nitrogen and oxygen atoms in total. The van der Waals surface area contributed by atoms with Gasteiger partial charge in [0.05, 0.1) is 47.9 Å². The van der Waals surface area contributed by atoms with Crippen molar-refractivity contribution >= 4 is 44.8 Å². The predicted molar refractivity (Wildman–Crippen MR) is 109 cm³/mol. The lowest BCUT2D eigenvalue weighted by atomic mass is 10.1. The smallest absolute Gasteiger partial charge is 0.257 e. The fourth-order valence-electron chi connectivity index (χ4n) is 2.99. The van der Waals surface area contributed by atoms with Gasteiger partial charge in [-0.1, -0.05) is 18.5 Å². The Hall–Kier alpha value is -2.78. The van der Waals surface area contributed by atoms with Gasteiger partial charge in [-0.25, -0.2) is 12.7 Å². The van der Waals surface area contributed by atoms with Gasteiger partial charge in [0.2, 0.25) is 15.9 Å². The highest BCUT2D eigenvalue weighted by atomic mass is 35.5. The zero-order chi connectivity index (χ0) is 21.3. The second-order valence-corrected chi connectivity index (χ2v) is 8.74. The van der Waals surface area contributed by atoms with E-state index in [2.05, 4.69) is 5.32 Å². The number of benzene rings is 2. The van der Waals surface area contributed by atoms with Crippen LogP contribution in [0.15, 0.2) is 36.4 Å². The van der Waals surface area contributed by atoms with Gasteiger partial charge in [0.15, 0.2) is 0 Å². The third-order valence-corrected chi connectivity index (χ3v) is 6.63. The van der Waals surface area contributed by atoms with Crippen LogP contribution < -0.4 is 19.1 Å². The van der Waals surface area contributed by atoms with Crippen LogP contribution in [-0.2, 0) is 14.8 Å². The number of carbonyl (C=O) groups is 2. The molecule has 0 aliphatic carbocycles. The maximum absolute atomic E-state index is 12.7. The van der Waals surface area contributed by atoms with Gasteiger partial charge in [-0.3, -0.25) is 9.59 Å². The molecule has 2 aromatic carbocycles. The van der Waals surface area contributed by atoms with E-state index in [0.717, 1.165) is 4.31 Å². The molecule has 10 heteroatoms. The predicted octanol–water partition coefficient (Wildman–Crippen LogP) is 2.92. The van der Waals surface area contributed by atoms with Gasteiger partial charge in [-0.05, 0) is 30.3 Å². The molecule has 0 aromatic heterocycles. The van der Waals surface area contributed by atoms with Crippen LogP contribution in [0, 0.1) is 5.92 Å². The van der Waals surface area contributed by atoms with Gasteiger partial charge in [-0.2, -0.15) is 0 Å². The second-order valence-electron chi connectivity index (χ2n) is 6.47. The Balaban J connectivity index is 1.88. The van der Waals surface area contributed by atoms with Crippen LogP contribution in [0.1, 0.15) is 17.3 Å². The second kappa shape index (κ2) is 7.92. The minimum Gasteiger partial charge on any atom is -0.497 e. The number of nitrogens with zero attached hydrogens (tertiary/aromatic N) is 1. The molecule has 0 spiro atoms. The summed E-state index contributed by atoms with van der Waals surface area (Å²) in [6, 6.07) is 8.93. The van der Waals surface area contributed by atoms with E-state index in [-0.39, 0.29) is 22.0 Å². The third kappa shape index (κ3) is 4.01. The van der Waals surface area contributed by atoms with Crippen molar-refractivity contribution in [2.45, 2.75) is 6.92 Å². The zero-order valence-corrected chi connectivity index (χ0v) is 17.5. The molecule has 0 bridgehead atoms. The Morgan fingerprint density at radius 1 is 1.17 bits per heavy atom. The number of halogens is 1. The lowest BCUT2D eigenvalue weighted by Gasteiger charge is -2.17. The number of methoxy groups -OCH3 is 2. The van der Waals surface area contributed by atoms with Gasteiger partial charge < -0.3 is 14.8 Å². The molecular formula is C19H19ClN2O6S. The van der Waals surface area contributed by atoms with E-state index in [9.17, 15) is 18.0 Å². The molecule has 1 fully saturated rings. The van der Waals surface area contributed by atoms with Crippen LogP contribution in [0.2, 0.25) is 5.02 Å². The number of ether oxygens (including phenoxy) is 2. The lowest BCUT2D eigenvalue weighted by Crippen LogP contribution is -2.30. The van der Waals surface area contributed by atoms with Crippen LogP contribution in [-0.4, -0.2) is 40.2 Å². The highest BCUT2D eigenvalue weighted by molar-refractivity contribution is 7.94. The summed E-state index contributed by atoms with van der Waals surface area (Å²) in [5.41, 5.74) is 0.623. The van der Waals surface area contributed by atoms with Crippen LogP contribution >= 0.6 is 11.6 Å². The molecule has 0 radical (unpaired) electrons. The Labute approximate surface area is 173 Å². The van der Waals surface area contributed by atoms with Crippen molar-refractivity contribution in [3.63, 3.8) is 0 Å². The molecule has 1 N–H and O–H groups in total. The molecule has 1 aliphatic rings. The maximum Gasteiger partial charge on any atom is 0.257 e. The summed E-state index contributed by atoms with van der Waals surface area (Å²) in [5.74, 6) is -0.983. The molecule has 2 amide bonds. The Bertz CT molecular complexity index is 1090. The number of rotatable bonds is 5. The molecule has 3 rings (SSSR count). The molecule has 1 aliphatic heterocycles. The average Bonchev–Trinajstić information content (AvgIpc) is 2.88. The Morgan fingerprint density at radius 2 is 1.90 bits per heavy atom. The molecule has 1 heterocycles. The Morgan fingerprint density at radius 3 is 2.45 bits per heavy atom. The number of amides is 2. The van der Waals surface area contributed by atoms with Gasteiger partial charge in [0.1, 0.15) is 11.5 Å². The van der Waals surface area contributed by atoms with E-state index in [0.29, 0.717) is 17.2 Å². The molecule has 0 saturated carbocycles. The minimum atomic E-state index is -3.76. The van der Waals surface area contributed by atoms with Crippen molar-refractivity contribution in [2.24, 2.45) is 5.92 Å². The van der Waals surface area contributed by atoms with Crippen molar-refractivity contribution in [2.75, 3.05) is 29.6 Å². The van der Waals surface area contributed by atoms with Crippen molar-refractivity contribution in [1.29, 1.82) is 0 Å². The quantitative estimate of drug-likeness (QED) is 0.770. The first-order chi connectivity index (χ1) is 13.7. The first-order valence-corrected chi connectivity index (χ1v) is 10.6. The summed E-state index contributed by atoms with van der Waals surface area (Å²) < 4.78 is 35.6. The van der Waals surface area contributed by atoms with Crippen molar-refractivity contribution < 1.29 is 27.5 Å². The van der Waals surface area contributed by atoms with Gasteiger partial charge in [0, 0.05) is 6.07 Å². The number of anilines is 2. The highest BCUT2D eigenvalue weighted by Gasteiger charge is 2.42. The lowest BCUT2D eigenvalue weighted by molar-refractivity contribution is -0.119. The van der Waals surface area contributed by atoms with Gasteiger partial charge in [0.25, 0.3) is 5.91 Å². The monoisotopic (exact) mass is 438 g/mol. The third-order valence-electron chi connectivity index (χ3n) is 4.45. The van der Waals surface area contributed by atoms with E-state index < -0.39 is 27.8 Å². The minimum absolute atomic E-state index is 0.00929. The topological polar surface area (TPSA) is 102 Å². The first kappa shape index (κ1) is 20.9. The van der Waals surface area contributed by atoms with E-state index in [1.807, 2.05) is 0 Å². The number of nitrogens with one attached hydrogen (secondary N) is 1. The maximum atomic E-state index is 12.7. The zero-order valence-electron chi connectivity index (χ0n) is 15.9. The van der Waals surface area contributed by atoms with Crippen LogP contribution in [0.5, 0.6) is 11.5 Å². The van der Waals surface area contributed by atoms with E-state index >= 15 is 0 Å². The number of hydrogen-bond donors (Lipinski definition) is 1. The summed E-state index contributed by atoms with van der Waals surface area (Å²) >= 11 is 6.22. The molecular weight excluding hydrogens is 420 g/mol. The van der Waals surface area contributed by atoms with E-state index in [4.69, 9.17) is 21.1 Å². The molecule has 2 aromatic rings. The fraction of sp³-hybridized carbons (Fsp3) is 0.263. The summed E-state index contributed by atoms with van der Waals surface area (Å²) in [7, 11) is -0.783. The van der Waals surface area contributed by atoms with E-state index in [1.54, 1.807) is 25.1 Å². The number of hydrogen-bond acceptors (Lipinski definition) is 6.